The monoisotopic (exact) mass is 415 g/mol. The van der Waals surface area contributed by atoms with Crippen molar-refractivity contribution < 1.29 is 18.7 Å². The second-order valence-electron chi connectivity index (χ2n) is 5.94. The van der Waals surface area contributed by atoms with E-state index in [9.17, 15) is 9.59 Å². The first-order chi connectivity index (χ1) is 13.7. The van der Waals surface area contributed by atoms with Crippen LogP contribution in [0.4, 0.5) is 0 Å². The lowest BCUT2D eigenvalue weighted by molar-refractivity contribution is -0.138. The van der Waals surface area contributed by atoms with Crippen molar-refractivity contribution in [2.75, 3.05) is 18.6 Å². The maximum atomic E-state index is 12.4. The van der Waals surface area contributed by atoms with Gasteiger partial charge in [-0.25, -0.2) is 9.99 Å². The smallest absolute Gasteiger partial charge is 0.257 e. The Morgan fingerprint density at radius 3 is 2.93 bits per heavy atom. The summed E-state index contributed by atoms with van der Waals surface area (Å²) in [4.78, 5) is 29.1. The van der Waals surface area contributed by atoms with Crippen molar-refractivity contribution in [2.45, 2.75) is 10.6 Å². The lowest BCUT2D eigenvalue weighted by Crippen LogP contribution is -2.45. The molecule has 0 spiro atoms. The van der Waals surface area contributed by atoms with Crippen LogP contribution in [0, 0.1) is 0 Å². The number of oxazole rings is 1. The van der Waals surface area contributed by atoms with Gasteiger partial charge in [0.05, 0.1) is 18.6 Å². The van der Waals surface area contributed by atoms with Gasteiger partial charge in [-0.15, -0.1) is 11.8 Å². The summed E-state index contributed by atoms with van der Waals surface area (Å²) in [6.45, 7) is 0. The summed E-state index contributed by atoms with van der Waals surface area (Å²) in [5.74, 6) is 0.597. The highest BCUT2D eigenvalue weighted by Crippen LogP contribution is 2.41. The lowest BCUT2D eigenvalue weighted by atomic mass is 10.2. The molecule has 1 aliphatic heterocycles. The number of rotatable bonds is 6. The van der Waals surface area contributed by atoms with E-state index in [-0.39, 0.29) is 22.9 Å². The molecule has 7 nitrogen and oxygen atoms in total. The van der Waals surface area contributed by atoms with Crippen molar-refractivity contribution >= 4 is 46.4 Å². The Kier molecular flexibility index (Phi) is 5.45. The third kappa shape index (κ3) is 3.81. The molecule has 4 rings (SSSR count). The van der Waals surface area contributed by atoms with E-state index >= 15 is 0 Å². The third-order valence-corrected chi connectivity index (χ3v) is 6.14. The molecule has 0 radical (unpaired) electrons. The Balaban J connectivity index is 1.42. The van der Waals surface area contributed by atoms with Crippen molar-refractivity contribution in [1.82, 2.24) is 15.4 Å². The molecule has 0 aliphatic carbocycles. The molecule has 0 bridgehead atoms. The molecule has 2 heterocycles. The van der Waals surface area contributed by atoms with Gasteiger partial charge in [0.1, 0.15) is 16.6 Å². The fraction of sp³-hybridized carbons (Fsp3) is 0.211. The van der Waals surface area contributed by atoms with Crippen LogP contribution >= 0.6 is 23.5 Å². The van der Waals surface area contributed by atoms with Crippen LogP contribution in [0.1, 0.15) is 10.9 Å². The van der Waals surface area contributed by atoms with Gasteiger partial charge < -0.3 is 9.15 Å². The predicted molar refractivity (Wildman–Crippen MR) is 108 cm³/mol. The van der Waals surface area contributed by atoms with Crippen molar-refractivity contribution in [3.05, 3.63) is 54.1 Å². The number of carbonyl (C=O) groups excluding carboxylic acids is 2. The van der Waals surface area contributed by atoms with Crippen LogP contribution in [0.3, 0.4) is 0 Å². The average molecular weight is 415 g/mol. The summed E-state index contributed by atoms with van der Waals surface area (Å²) in [6, 6.07) is 14.9. The van der Waals surface area contributed by atoms with Gasteiger partial charge in [-0.2, -0.15) is 0 Å². The van der Waals surface area contributed by atoms with Gasteiger partial charge in [-0.3, -0.25) is 15.0 Å². The number of hydrazine groups is 1. The maximum absolute atomic E-state index is 12.4. The molecule has 1 saturated heterocycles. The summed E-state index contributed by atoms with van der Waals surface area (Å²) < 4.78 is 11.0. The van der Waals surface area contributed by atoms with E-state index in [1.807, 2.05) is 48.5 Å². The largest absolute Gasteiger partial charge is 0.496 e. The highest BCUT2D eigenvalue weighted by molar-refractivity contribution is 8.00. The van der Waals surface area contributed by atoms with E-state index in [4.69, 9.17) is 9.15 Å². The van der Waals surface area contributed by atoms with E-state index in [1.54, 1.807) is 7.11 Å². The Hall–Kier alpha value is -2.65. The molecule has 9 heteroatoms. The van der Waals surface area contributed by atoms with Gasteiger partial charge >= 0.3 is 0 Å². The SMILES string of the molecule is COc1ccccc1C1SCC(=O)N1NC(=O)CSc1nc2ccccc2o1. The maximum Gasteiger partial charge on any atom is 0.257 e. The number of ether oxygens (including phenoxy) is 1. The standard InChI is InChI=1S/C19H17N3O4S2/c1-25-14-8-4-2-6-12(14)18-22(17(24)11-27-18)21-16(23)10-28-19-20-13-7-3-5-9-15(13)26-19/h2-9,18H,10-11H2,1H3,(H,21,23). The number of para-hydroxylation sites is 3. The molecule has 1 N–H and O–H groups in total. The molecule has 1 aliphatic rings. The quantitative estimate of drug-likeness (QED) is 0.619. The van der Waals surface area contributed by atoms with Crippen LogP contribution in [-0.2, 0) is 9.59 Å². The first-order valence-electron chi connectivity index (χ1n) is 8.50. The molecular weight excluding hydrogens is 398 g/mol. The molecule has 0 saturated carbocycles. The summed E-state index contributed by atoms with van der Waals surface area (Å²) in [5.41, 5.74) is 4.97. The van der Waals surface area contributed by atoms with Gasteiger partial charge in [0.2, 0.25) is 5.91 Å². The second-order valence-corrected chi connectivity index (χ2v) is 7.94. The first kappa shape index (κ1) is 18.7. The van der Waals surface area contributed by atoms with Crippen LogP contribution < -0.4 is 10.2 Å². The summed E-state index contributed by atoms with van der Waals surface area (Å²) in [5, 5.41) is 1.46. The molecule has 1 aromatic heterocycles. The average Bonchev–Trinajstić information content (AvgIpc) is 3.30. The number of amides is 2. The van der Waals surface area contributed by atoms with Crippen molar-refractivity contribution in [3.8, 4) is 5.75 Å². The van der Waals surface area contributed by atoms with Gasteiger partial charge in [0.25, 0.3) is 11.1 Å². The minimum Gasteiger partial charge on any atom is -0.496 e. The number of benzene rings is 2. The van der Waals surface area contributed by atoms with E-state index in [2.05, 4.69) is 10.4 Å². The summed E-state index contributed by atoms with van der Waals surface area (Å²) >= 11 is 2.63. The number of nitrogens with zero attached hydrogens (tertiary/aromatic N) is 2. The number of hydrogen-bond donors (Lipinski definition) is 1. The fourth-order valence-corrected chi connectivity index (χ4v) is 4.62. The number of hydrogen-bond acceptors (Lipinski definition) is 7. The van der Waals surface area contributed by atoms with Gasteiger partial charge in [0, 0.05) is 5.56 Å². The Labute approximate surface area is 169 Å². The fourth-order valence-electron chi connectivity index (χ4n) is 2.85. The Morgan fingerprint density at radius 1 is 1.32 bits per heavy atom. The van der Waals surface area contributed by atoms with Crippen molar-refractivity contribution in [3.63, 3.8) is 0 Å². The third-order valence-electron chi connectivity index (χ3n) is 4.12. The number of thioether (sulfide) groups is 2. The minimum atomic E-state index is -0.332. The molecule has 144 valence electrons. The Bertz CT molecular complexity index is 990. The zero-order chi connectivity index (χ0) is 19.5. The van der Waals surface area contributed by atoms with E-state index < -0.39 is 0 Å². The van der Waals surface area contributed by atoms with E-state index in [0.717, 1.165) is 11.1 Å². The van der Waals surface area contributed by atoms with Gasteiger partial charge in [0.15, 0.2) is 5.58 Å². The van der Waals surface area contributed by atoms with Crippen molar-refractivity contribution in [1.29, 1.82) is 0 Å². The molecule has 1 atom stereocenters. The first-order valence-corrected chi connectivity index (χ1v) is 10.5. The molecule has 1 unspecified atom stereocenters. The molecule has 2 amide bonds. The normalized spacial score (nSPS) is 16.5. The molecule has 1 fully saturated rings. The highest BCUT2D eigenvalue weighted by atomic mass is 32.2. The number of nitrogens with one attached hydrogen (secondary N) is 1. The minimum absolute atomic E-state index is 0.0832. The molecule has 3 aromatic rings. The number of fused-ring (bicyclic) bond motifs is 1. The number of carbonyl (C=O) groups is 2. The molecule has 28 heavy (non-hydrogen) atoms. The van der Waals surface area contributed by atoms with Crippen LogP contribution in [0.25, 0.3) is 11.1 Å². The summed E-state index contributed by atoms with van der Waals surface area (Å²) in [7, 11) is 1.58. The van der Waals surface area contributed by atoms with Crippen LogP contribution in [0.5, 0.6) is 5.75 Å². The number of aromatic nitrogens is 1. The Morgan fingerprint density at radius 2 is 2.11 bits per heavy atom. The van der Waals surface area contributed by atoms with Crippen LogP contribution in [0.15, 0.2) is 58.2 Å². The zero-order valence-electron chi connectivity index (χ0n) is 15.0. The van der Waals surface area contributed by atoms with Crippen molar-refractivity contribution in [2.24, 2.45) is 0 Å². The van der Waals surface area contributed by atoms with Gasteiger partial charge in [-0.1, -0.05) is 42.1 Å². The zero-order valence-corrected chi connectivity index (χ0v) is 16.6. The van der Waals surface area contributed by atoms with Crippen LogP contribution in [-0.4, -0.2) is 40.4 Å². The van der Waals surface area contributed by atoms with Gasteiger partial charge in [-0.05, 0) is 18.2 Å². The number of methoxy groups -OCH3 is 1. The molecule has 2 aromatic carbocycles. The predicted octanol–water partition coefficient (Wildman–Crippen LogP) is 3.23. The van der Waals surface area contributed by atoms with E-state index in [1.165, 1.54) is 28.5 Å². The van der Waals surface area contributed by atoms with E-state index in [0.29, 0.717) is 22.3 Å². The molecular formula is C19H17N3O4S2. The summed E-state index contributed by atoms with van der Waals surface area (Å²) in [6.07, 6.45) is 0. The van der Waals surface area contributed by atoms with Crippen LogP contribution in [0.2, 0.25) is 0 Å². The second kappa shape index (κ2) is 8.15. The lowest BCUT2D eigenvalue weighted by Gasteiger charge is -2.25. The highest BCUT2D eigenvalue weighted by Gasteiger charge is 2.35. The topological polar surface area (TPSA) is 84.7 Å².